The second kappa shape index (κ2) is 8.28. The number of anilines is 1. The highest BCUT2D eigenvalue weighted by Crippen LogP contribution is 2.37. The fraction of sp³-hybridized carbons (Fsp3) is 0.0417. The first kappa shape index (κ1) is 18.3. The van der Waals surface area contributed by atoms with Gasteiger partial charge < -0.3 is 5.32 Å². The van der Waals surface area contributed by atoms with E-state index in [9.17, 15) is 9.18 Å². The molecule has 0 saturated carbocycles. The first-order chi connectivity index (χ1) is 13.7. The van der Waals surface area contributed by atoms with E-state index in [1.165, 1.54) is 29.3 Å². The van der Waals surface area contributed by atoms with Crippen molar-refractivity contribution in [2.24, 2.45) is 0 Å². The Balaban J connectivity index is 1.62. The van der Waals surface area contributed by atoms with Crippen molar-refractivity contribution in [2.45, 2.75) is 10.1 Å². The number of benzene rings is 4. The van der Waals surface area contributed by atoms with Gasteiger partial charge in [0.25, 0.3) is 0 Å². The molecular formula is C24H18FNOS. The first-order valence-electron chi connectivity index (χ1n) is 8.96. The molecule has 0 aliphatic rings. The maximum atomic E-state index is 13.1. The summed E-state index contributed by atoms with van der Waals surface area (Å²) in [6.45, 7) is 0. The minimum absolute atomic E-state index is 0.143. The van der Waals surface area contributed by atoms with Crippen LogP contribution in [0.3, 0.4) is 0 Å². The molecule has 4 aromatic carbocycles. The van der Waals surface area contributed by atoms with Crippen LogP contribution in [0, 0.1) is 5.82 Å². The SMILES string of the molecule is O=C(Nc1ccc(F)cc1)[C@@H](Sc1ccc2ccccc2c1)c1ccccc1. The number of hydrogen-bond donors (Lipinski definition) is 1. The van der Waals surface area contributed by atoms with Crippen molar-refractivity contribution in [3.8, 4) is 0 Å². The number of hydrogen-bond acceptors (Lipinski definition) is 2. The van der Waals surface area contributed by atoms with Crippen molar-refractivity contribution < 1.29 is 9.18 Å². The van der Waals surface area contributed by atoms with Gasteiger partial charge >= 0.3 is 0 Å². The van der Waals surface area contributed by atoms with Crippen LogP contribution in [0.1, 0.15) is 10.8 Å². The van der Waals surface area contributed by atoms with Crippen molar-refractivity contribution in [1.29, 1.82) is 0 Å². The highest BCUT2D eigenvalue weighted by molar-refractivity contribution is 8.00. The lowest BCUT2D eigenvalue weighted by Crippen LogP contribution is -2.19. The Bertz CT molecular complexity index is 1100. The fourth-order valence-corrected chi connectivity index (χ4v) is 4.09. The minimum atomic E-state index is -0.424. The molecule has 138 valence electrons. The van der Waals surface area contributed by atoms with Gasteiger partial charge in [0.2, 0.25) is 5.91 Å². The monoisotopic (exact) mass is 387 g/mol. The molecule has 0 bridgehead atoms. The molecule has 0 aliphatic carbocycles. The Kier molecular flexibility index (Phi) is 5.40. The average Bonchev–Trinajstić information content (AvgIpc) is 2.74. The van der Waals surface area contributed by atoms with Gasteiger partial charge in [0.15, 0.2) is 0 Å². The normalized spacial score (nSPS) is 11.9. The lowest BCUT2D eigenvalue weighted by Gasteiger charge is -2.17. The molecule has 28 heavy (non-hydrogen) atoms. The zero-order chi connectivity index (χ0) is 19.3. The Hall–Kier alpha value is -3.11. The largest absolute Gasteiger partial charge is 0.325 e. The molecule has 1 atom stereocenters. The highest BCUT2D eigenvalue weighted by atomic mass is 32.2. The smallest absolute Gasteiger partial charge is 0.242 e. The van der Waals surface area contributed by atoms with Crippen LogP contribution in [0.4, 0.5) is 10.1 Å². The van der Waals surface area contributed by atoms with Crippen molar-refractivity contribution in [3.05, 3.63) is 108 Å². The molecule has 0 spiro atoms. The summed E-state index contributed by atoms with van der Waals surface area (Å²) in [5.74, 6) is -0.473. The van der Waals surface area contributed by atoms with Gasteiger partial charge in [-0.15, -0.1) is 11.8 Å². The number of thioether (sulfide) groups is 1. The van der Waals surface area contributed by atoms with Crippen LogP contribution in [0.25, 0.3) is 10.8 Å². The molecule has 2 nitrogen and oxygen atoms in total. The van der Waals surface area contributed by atoms with Gasteiger partial charge in [0.05, 0.1) is 0 Å². The summed E-state index contributed by atoms with van der Waals surface area (Å²) in [5.41, 5.74) is 1.49. The summed E-state index contributed by atoms with van der Waals surface area (Å²) in [5, 5.41) is 4.78. The summed E-state index contributed by atoms with van der Waals surface area (Å²) >= 11 is 1.50. The number of carbonyl (C=O) groups excluding carboxylic acids is 1. The molecule has 4 rings (SSSR count). The second-order valence-corrected chi connectivity index (χ2v) is 7.59. The van der Waals surface area contributed by atoms with Crippen LogP contribution >= 0.6 is 11.8 Å². The minimum Gasteiger partial charge on any atom is -0.325 e. The van der Waals surface area contributed by atoms with Crippen LogP contribution in [-0.2, 0) is 4.79 Å². The molecule has 0 heterocycles. The lowest BCUT2D eigenvalue weighted by atomic mass is 10.1. The summed E-state index contributed by atoms with van der Waals surface area (Å²) in [4.78, 5) is 14.1. The van der Waals surface area contributed by atoms with E-state index in [0.717, 1.165) is 15.8 Å². The highest BCUT2D eigenvalue weighted by Gasteiger charge is 2.22. The number of nitrogens with one attached hydrogen (secondary N) is 1. The summed E-state index contributed by atoms with van der Waals surface area (Å²) in [6.07, 6.45) is 0. The van der Waals surface area contributed by atoms with E-state index in [0.29, 0.717) is 5.69 Å². The summed E-state index contributed by atoms with van der Waals surface area (Å²) < 4.78 is 13.1. The molecule has 1 N–H and O–H groups in total. The third kappa shape index (κ3) is 4.24. The number of fused-ring (bicyclic) bond motifs is 1. The van der Waals surface area contributed by atoms with Gasteiger partial charge in [0.1, 0.15) is 11.1 Å². The van der Waals surface area contributed by atoms with E-state index in [1.54, 1.807) is 12.1 Å². The van der Waals surface area contributed by atoms with E-state index < -0.39 is 5.25 Å². The van der Waals surface area contributed by atoms with Crippen molar-refractivity contribution >= 4 is 34.1 Å². The third-order valence-corrected chi connectivity index (χ3v) is 5.68. The maximum Gasteiger partial charge on any atom is 0.242 e. The van der Waals surface area contributed by atoms with Crippen LogP contribution in [0.2, 0.25) is 0 Å². The van der Waals surface area contributed by atoms with Crippen molar-refractivity contribution in [2.75, 3.05) is 5.32 Å². The molecule has 0 radical (unpaired) electrons. The zero-order valence-corrected chi connectivity index (χ0v) is 15.8. The molecular weight excluding hydrogens is 369 g/mol. The van der Waals surface area contributed by atoms with Gasteiger partial charge in [-0.1, -0.05) is 60.7 Å². The van der Waals surface area contributed by atoms with Crippen molar-refractivity contribution in [3.63, 3.8) is 0 Å². The topological polar surface area (TPSA) is 29.1 Å². The predicted molar refractivity (Wildman–Crippen MR) is 114 cm³/mol. The zero-order valence-electron chi connectivity index (χ0n) is 15.0. The van der Waals surface area contributed by atoms with E-state index in [-0.39, 0.29) is 11.7 Å². The molecule has 0 aromatic heterocycles. The molecule has 0 fully saturated rings. The summed E-state index contributed by atoms with van der Waals surface area (Å²) in [6, 6.07) is 29.8. The van der Waals surface area contributed by atoms with Crippen LogP contribution in [0.5, 0.6) is 0 Å². The molecule has 0 aliphatic heterocycles. The average molecular weight is 387 g/mol. The Morgan fingerprint density at radius 1 is 0.786 bits per heavy atom. The van der Waals surface area contributed by atoms with E-state index in [4.69, 9.17) is 0 Å². The number of amides is 1. The Morgan fingerprint density at radius 2 is 1.46 bits per heavy atom. The van der Waals surface area contributed by atoms with Crippen LogP contribution in [0.15, 0.2) is 102 Å². The maximum absolute atomic E-state index is 13.1. The van der Waals surface area contributed by atoms with Crippen molar-refractivity contribution in [1.82, 2.24) is 0 Å². The van der Waals surface area contributed by atoms with Gasteiger partial charge in [-0.2, -0.15) is 0 Å². The van der Waals surface area contributed by atoms with Gasteiger partial charge in [-0.3, -0.25) is 4.79 Å². The van der Waals surface area contributed by atoms with Crippen LogP contribution in [-0.4, -0.2) is 5.91 Å². The number of halogens is 1. The molecule has 4 heteroatoms. The number of carbonyl (C=O) groups is 1. The van der Waals surface area contributed by atoms with E-state index >= 15 is 0 Å². The van der Waals surface area contributed by atoms with Gasteiger partial charge in [-0.05, 0) is 52.7 Å². The standard InChI is InChI=1S/C24H18FNOS/c25-20-11-13-21(14-12-20)26-24(27)23(18-7-2-1-3-8-18)28-22-15-10-17-6-4-5-9-19(17)16-22/h1-16,23H,(H,26,27)/t23-/m0/s1. The lowest BCUT2D eigenvalue weighted by molar-refractivity contribution is -0.115. The van der Waals surface area contributed by atoms with E-state index in [1.807, 2.05) is 48.5 Å². The fourth-order valence-electron chi connectivity index (χ4n) is 3.02. The quantitative estimate of drug-likeness (QED) is 0.399. The van der Waals surface area contributed by atoms with Gasteiger partial charge in [-0.25, -0.2) is 4.39 Å². The van der Waals surface area contributed by atoms with Gasteiger partial charge in [0, 0.05) is 10.6 Å². The molecule has 4 aromatic rings. The first-order valence-corrected chi connectivity index (χ1v) is 9.84. The molecule has 0 saturated heterocycles. The van der Waals surface area contributed by atoms with Crippen LogP contribution < -0.4 is 5.32 Å². The van der Waals surface area contributed by atoms with E-state index in [2.05, 4.69) is 29.6 Å². The summed E-state index contributed by atoms with van der Waals surface area (Å²) in [7, 11) is 0. The third-order valence-electron chi connectivity index (χ3n) is 4.43. The Labute approximate surface area is 167 Å². The number of rotatable bonds is 5. The second-order valence-electron chi connectivity index (χ2n) is 6.41. The molecule has 0 unspecified atom stereocenters. The molecule has 1 amide bonds. The Morgan fingerprint density at radius 3 is 2.21 bits per heavy atom. The predicted octanol–water partition coefficient (Wildman–Crippen LogP) is 6.45.